The quantitative estimate of drug-likeness (QED) is 0.787. The van der Waals surface area contributed by atoms with E-state index in [9.17, 15) is 4.79 Å². The van der Waals surface area contributed by atoms with E-state index in [1.54, 1.807) is 0 Å². The molecule has 0 radical (unpaired) electrons. The Hall–Kier alpha value is -2.22. The number of aromatic nitrogens is 2. The average molecular weight is 347 g/mol. The number of likely N-dealkylation sites (tertiary alicyclic amines) is 1. The van der Waals surface area contributed by atoms with Crippen molar-refractivity contribution in [2.75, 3.05) is 19.9 Å². The highest BCUT2D eigenvalue weighted by atomic mass is 32.2. The number of carbonyl (C=O) groups is 1. The lowest BCUT2D eigenvalue weighted by Crippen LogP contribution is -2.34. The Morgan fingerprint density at radius 2 is 2.00 bits per heavy atom. The van der Waals surface area contributed by atoms with Crippen molar-refractivity contribution in [2.24, 2.45) is 0 Å². The Morgan fingerprint density at radius 1 is 1.21 bits per heavy atom. The maximum absolute atomic E-state index is 12.3. The van der Waals surface area contributed by atoms with Gasteiger partial charge in [-0.2, -0.15) is 0 Å². The Bertz CT molecular complexity index is 758. The number of rotatable bonds is 4. The maximum atomic E-state index is 12.3. The Labute approximate surface area is 143 Å². The topological polar surface area (TPSA) is 77.7 Å². The molecule has 126 valence electrons. The molecule has 8 heteroatoms. The van der Waals surface area contributed by atoms with Crippen molar-refractivity contribution >= 4 is 17.7 Å². The Balaban J connectivity index is 1.45. The molecule has 1 fully saturated rings. The first kappa shape index (κ1) is 15.3. The monoisotopic (exact) mass is 347 g/mol. The van der Waals surface area contributed by atoms with E-state index in [4.69, 9.17) is 13.9 Å². The summed E-state index contributed by atoms with van der Waals surface area (Å²) in [5.74, 6) is 1.90. The molecule has 3 heterocycles. The summed E-state index contributed by atoms with van der Waals surface area (Å²) >= 11 is 1.29. The SMILES string of the molecule is C[C@H](Sc1nnc(-c2ccc3c(c2)OCO3)o1)C(=O)N1CCCC1. The van der Waals surface area contributed by atoms with Crippen LogP contribution in [-0.4, -0.2) is 46.1 Å². The molecule has 2 aliphatic heterocycles. The average Bonchev–Trinajstić information content (AvgIpc) is 3.34. The molecule has 7 nitrogen and oxygen atoms in total. The third kappa shape index (κ3) is 2.93. The van der Waals surface area contributed by atoms with Crippen LogP contribution in [0.4, 0.5) is 0 Å². The highest BCUT2D eigenvalue weighted by Crippen LogP contribution is 2.36. The van der Waals surface area contributed by atoms with Crippen molar-refractivity contribution in [3.63, 3.8) is 0 Å². The molecular formula is C16H17N3O4S. The minimum Gasteiger partial charge on any atom is -0.454 e. The fourth-order valence-electron chi connectivity index (χ4n) is 2.80. The molecule has 0 saturated carbocycles. The van der Waals surface area contributed by atoms with Gasteiger partial charge in [0.1, 0.15) is 0 Å². The molecule has 0 unspecified atom stereocenters. The fourth-order valence-corrected chi connectivity index (χ4v) is 3.57. The molecule has 0 bridgehead atoms. The third-order valence-corrected chi connectivity index (χ3v) is 4.99. The van der Waals surface area contributed by atoms with Gasteiger partial charge >= 0.3 is 0 Å². The number of ether oxygens (including phenoxy) is 2. The molecule has 1 amide bonds. The summed E-state index contributed by atoms with van der Waals surface area (Å²) in [4.78, 5) is 14.2. The van der Waals surface area contributed by atoms with Crippen LogP contribution in [0.1, 0.15) is 19.8 Å². The molecule has 0 spiro atoms. The van der Waals surface area contributed by atoms with E-state index in [-0.39, 0.29) is 18.0 Å². The van der Waals surface area contributed by atoms with Crippen LogP contribution in [0.25, 0.3) is 11.5 Å². The smallest absolute Gasteiger partial charge is 0.277 e. The van der Waals surface area contributed by atoms with Gasteiger partial charge in [-0.1, -0.05) is 11.8 Å². The highest BCUT2D eigenvalue weighted by molar-refractivity contribution is 8.00. The van der Waals surface area contributed by atoms with Gasteiger partial charge in [-0.3, -0.25) is 4.79 Å². The van der Waals surface area contributed by atoms with E-state index in [1.165, 1.54) is 11.8 Å². The number of hydrogen-bond acceptors (Lipinski definition) is 7. The summed E-state index contributed by atoms with van der Waals surface area (Å²) in [7, 11) is 0. The molecule has 1 aromatic carbocycles. The second-order valence-corrected chi connectivity index (χ2v) is 7.03. The molecule has 2 aliphatic rings. The molecule has 1 saturated heterocycles. The van der Waals surface area contributed by atoms with Crippen molar-refractivity contribution in [3.05, 3.63) is 18.2 Å². The predicted octanol–water partition coefficient (Wildman–Crippen LogP) is 2.57. The lowest BCUT2D eigenvalue weighted by molar-refractivity contribution is -0.129. The van der Waals surface area contributed by atoms with Gasteiger partial charge in [0, 0.05) is 18.7 Å². The Kier molecular flexibility index (Phi) is 4.05. The van der Waals surface area contributed by atoms with Crippen LogP contribution in [0.5, 0.6) is 11.5 Å². The van der Waals surface area contributed by atoms with Crippen LogP contribution < -0.4 is 9.47 Å². The normalized spacial score (nSPS) is 17.3. The number of amides is 1. The predicted molar refractivity (Wildman–Crippen MR) is 87.0 cm³/mol. The zero-order chi connectivity index (χ0) is 16.5. The summed E-state index contributed by atoms with van der Waals surface area (Å²) in [6.45, 7) is 3.78. The van der Waals surface area contributed by atoms with Gasteiger partial charge in [0.2, 0.25) is 18.6 Å². The van der Waals surface area contributed by atoms with Crippen LogP contribution in [0.15, 0.2) is 27.8 Å². The first-order valence-electron chi connectivity index (χ1n) is 7.90. The number of thioether (sulfide) groups is 1. The van der Waals surface area contributed by atoms with Crippen LogP contribution in [0.3, 0.4) is 0 Å². The number of carbonyl (C=O) groups excluding carboxylic acids is 1. The zero-order valence-corrected chi connectivity index (χ0v) is 14.0. The minimum absolute atomic E-state index is 0.125. The summed E-state index contributed by atoms with van der Waals surface area (Å²) in [6.07, 6.45) is 2.16. The van der Waals surface area contributed by atoms with Gasteiger partial charge in [-0.05, 0) is 38.0 Å². The summed E-state index contributed by atoms with van der Waals surface area (Å²) in [5, 5.41) is 8.25. The van der Waals surface area contributed by atoms with E-state index in [0.717, 1.165) is 31.5 Å². The van der Waals surface area contributed by atoms with E-state index in [0.29, 0.717) is 22.6 Å². The van der Waals surface area contributed by atoms with Gasteiger partial charge in [0.25, 0.3) is 5.22 Å². The van der Waals surface area contributed by atoms with Crippen LogP contribution in [0.2, 0.25) is 0 Å². The van der Waals surface area contributed by atoms with Crippen molar-refractivity contribution in [3.8, 4) is 23.0 Å². The Morgan fingerprint density at radius 3 is 2.83 bits per heavy atom. The molecule has 1 aromatic heterocycles. The van der Waals surface area contributed by atoms with Gasteiger partial charge in [0.05, 0.1) is 5.25 Å². The molecule has 2 aromatic rings. The van der Waals surface area contributed by atoms with E-state index >= 15 is 0 Å². The van der Waals surface area contributed by atoms with Gasteiger partial charge in [0.15, 0.2) is 11.5 Å². The van der Waals surface area contributed by atoms with Gasteiger partial charge < -0.3 is 18.8 Å². The first-order valence-corrected chi connectivity index (χ1v) is 8.77. The van der Waals surface area contributed by atoms with E-state index in [1.807, 2.05) is 30.0 Å². The van der Waals surface area contributed by atoms with Crippen molar-refractivity contribution < 1.29 is 18.7 Å². The van der Waals surface area contributed by atoms with Crippen LogP contribution in [0, 0.1) is 0 Å². The summed E-state index contributed by atoms with van der Waals surface area (Å²) in [5.41, 5.74) is 0.761. The van der Waals surface area contributed by atoms with E-state index in [2.05, 4.69) is 10.2 Å². The molecule has 0 N–H and O–H groups in total. The number of fused-ring (bicyclic) bond motifs is 1. The molecule has 24 heavy (non-hydrogen) atoms. The standard InChI is InChI=1S/C16H17N3O4S/c1-10(15(20)19-6-2-3-7-19)24-16-18-17-14(23-16)11-4-5-12-13(8-11)22-9-21-12/h4-5,8,10H,2-3,6-7,9H2,1H3/t10-/m0/s1. The summed E-state index contributed by atoms with van der Waals surface area (Å²) < 4.78 is 16.3. The molecule has 4 rings (SSSR count). The number of nitrogens with zero attached hydrogens (tertiary/aromatic N) is 3. The van der Waals surface area contributed by atoms with Gasteiger partial charge in [-0.25, -0.2) is 0 Å². The van der Waals surface area contributed by atoms with Gasteiger partial charge in [-0.15, -0.1) is 10.2 Å². The second-order valence-electron chi connectivity index (χ2n) is 5.73. The third-order valence-electron chi connectivity index (χ3n) is 4.07. The van der Waals surface area contributed by atoms with Crippen molar-refractivity contribution in [1.82, 2.24) is 15.1 Å². The van der Waals surface area contributed by atoms with Crippen molar-refractivity contribution in [1.29, 1.82) is 0 Å². The molecule has 1 atom stereocenters. The second kappa shape index (κ2) is 6.35. The number of hydrogen-bond donors (Lipinski definition) is 0. The minimum atomic E-state index is -0.242. The molecular weight excluding hydrogens is 330 g/mol. The zero-order valence-electron chi connectivity index (χ0n) is 13.2. The first-order chi connectivity index (χ1) is 11.7. The molecule has 0 aliphatic carbocycles. The largest absolute Gasteiger partial charge is 0.454 e. The maximum Gasteiger partial charge on any atom is 0.277 e. The van der Waals surface area contributed by atoms with Crippen LogP contribution >= 0.6 is 11.8 Å². The lowest BCUT2D eigenvalue weighted by atomic mass is 10.2. The fraction of sp³-hybridized carbons (Fsp3) is 0.438. The lowest BCUT2D eigenvalue weighted by Gasteiger charge is -2.18. The number of benzene rings is 1. The van der Waals surface area contributed by atoms with Crippen molar-refractivity contribution in [2.45, 2.75) is 30.2 Å². The van der Waals surface area contributed by atoms with E-state index < -0.39 is 0 Å². The highest BCUT2D eigenvalue weighted by Gasteiger charge is 2.26. The van der Waals surface area contributed by atoms with Crippen LogP contribution in [-0.2, 0) is 4.79 Å². The summed E-state index contributed by atoms with van der Waals surface area (Å²) in [6, 6.07) is 5.46.